The highest BCUT2D eigenvalue weighted by molar-refractivity contribution is 5.77. The molecule has 3 heterocycles. The Hall–Kier alpha value is -4.47. The van der Waals surface area contributed by atoms with E-state index in [1.54, 1.807) is 25.5 Å². The molecule has 0 spiro atoms. The number of allylic oxidation sites excluding steroid dienone is 1. The quantitative estimate of drug-likeness (QED) is 0.201. The lowest BCUT2D eigenvalue weighted by Crippen LogP contribution is -2.13. The molecule has 4 rings (SSSR count). The lowest BCUT2D eigenvalue weighted by molar-refractivity contribution is -0.144. The topological polar surface area (TPSA) is 116 Å². The van der Waals surface area contributed by atoms with Crippen LogP contribution in [-0.2, 0) is 27.4 Å². The van der Waals surface area contributed by atoms with Gasteiger partial charge in [-0.25, -0.2) is 4.98 Å². The first-order valence-electron chi connectivity index (χ1n) is 11.7. The molecule has 0 saturated carbocycles. The van der Waals surface area contributed by atoms with E-state index in [9.17, 15) is 4.79 Å². The first-order valence-corrected chi connectivity index (χ1v) is 11.7. The summed E-state index contributed by atoms with van der Waals surface area (Å²) >= 11 is 0. The average Bonchev–Trinajstić information content (AvgIpc) is 3.52. The van der Waals surface area contributed by atoms with E-state index < -0.39 is 0 Å². The van der Waals surface area contributed by atoms with Crippen molar-refractivity contribution in [3.63, 3.8) is 0 Å². The van der Waals surface area contributed by atoms with Gasteiger partial charge in [0.15, 0.2) is 0 Å². The number of esters is 1. The molecule has 4 aromatic rings. The predicted molar refractivity (Wildman–Crippen MR) is 142 cm³/mol. The summed E-state index contributed by atoms with van der Waals surface area (Å²) in [7, 11) is 1.91. The van der Waals surface area contributed by atoms with Crippen molar-refractivity contribution < 1.29 is 14.3 Å². The van der Waals surface area contributed by atoms with Gasteiger partial charge < -0.3 is 19.9 Å². The molecule has 0 unspecified atom stereocenters. The summed E-state index contributed by atoms with van der Waals surface area (Å²) in [4.78, 5) is 29.7. The largest absolute Gasteiger partial charge is 0.465 e. The zero-order valence-electron chi connectivity index (χ0n) is 21.1. The fourth-order valence-corrected chi connectivity index (χ4v) is 3.16. The summed E-state index contributed by atoms with van der Waals surface area (Å²) in [6.07, 6.45) is 8.96. The van der Waals surface area contributed by atoms with E-state index in [4.69, 9.17) is 9.53 Å². The van der Waals surface area contributed by atoms with E-state index in [1.165, 1.54) is 16.3 Å². The van der Waals surface area contributed by atoms with E-state index in [1.807, 2.05) is 45.3 Å². The molecule has 2 N–H and O–H groups in total. The second-order valence-corrected chi connectivity index (χ2v) is 7.09. The van der Waals surface area contributed by atoms with Gasteiger partial charge in [0.2, 0.25) is 5.95 Å². The molecule has 0 aliphatic heterocycles. The average molecular weight is 492 g/mol. The number of anilines is 3. The number of rotatable bonds is 9. The first-order chi connectivity index (χ1) is 17.6. The highest BCUT2D eigenvalue weighted by Gasteiger charge is 2.09. The van der Waals surface area contributed by atoms with Gasteiger partial charge in [0.1, 0.15) is 18.5 Å². The van der Waals surface area contributed by atoms with Crippen LogP contribution in [0.15, 0.2) is 67.8 Å². The number of carbonyl (C=O) groups is 2. The SMILES string of the molecule is C=CC=O.CC.CCOC(=O)Cn1cc(Nc2ncc3ccn(Cc4cccc(NC)c4)c3n2)cn1. The molecule has 10 heteroatoms. The number of hydrogen-bond donors (Lipinski definition) is 2. The molecule has 0 aliphatic carbocycles. The Labute approximate surface area is 211 Å². The smallest absolute Gasteiger partial charge is 0.327 e. The van der Waals surface area contributed by atoms with Crippen LogP contribution in [0.4, 0.5) is 17.3 Å². The van der Waals surface area contributed by atoms with Gasteiger partial charge in [-0.2, -0.15) is 10.1 Å². The monoisotopic (exact) mass is 491 g/mol. The summed E-state index contributed by atoms with van der Waals surface area (Å²) in [6.45, 7) is 9.99. The molecule has 0 saturated heterocycles. The standard InChI is InChI=1S/C21H23N7O2.C3H4O.C2H6/c1-3-30-19(29)14-28-13-18(11-24-28)25-21-23-10-16-7-8-27(20(16)26-21)12-15-5-4-6-17(9-15)22-2;1-2-3-4;1-2/h4-11,13,22H,3,12,14H2,1-2H3,(H,23,25,26);2-3H,1H2;1-2H3. The third-order valence-electron chi connectivity index (χ3n) is 4.65. The number of aldehydes is 1. The minimum Gasteiger partial charge on any atom is -0.465 e. The summed E-state index contributed by atoms with van der Waals surface area (Å²) in [5.74, 6) is 0.132. The van der Waals surface area contributed by atoms with Crippen LogP contribution in [0.25, 0.3) is 11.0 Å². The Balaban J connectivity index is 0.000000694. The van der Waals surface area contributed by atoms with Gasteiger partial charge in [-0.1, -0.05) is 32.6 Å². The van der Waals surface area contributed by atoms with Crippen molar-refractivity contribution >= 4 is 40.6 Å². The van der Waals surface area contributed by atoms with Crippen molar-refractivity contribution in [3.8, 4) is 0 Å². The molecular weight excluding hydrogens is 458 g/mol. The number of carbonyl (C=O) groups excluding carboxylic acids is 2. The summed E-state index contributed by atoms with van der Waals surface area (Å²) < 4.78 is 8.53. The second-order valence-electron chi connectivity index (χ2n) is 7.09. The van der Waals surface area contributed by atoms with E-state index in [0.717, 1.165) is 16.7 Å². The van der Waals surface area contributed by atoms with Crippen LogP contribution in [0.3, 0.4) is 0 Å². The fourth-order valence-electron chi connectivity index (χ4n) is 3.16. The predicted octanol–water partition coefficient (Wildman–Crippen LogP) is 4.42. The number of nitrogens with zero attached hydrogens (tertiary/aromatic N) is 5. The van der Waals surface area contributed by atoms with Crippen molar-refractivity contribution in [2.75, 3.05) is 24.3 Å². The normalized spacial score (nSPS) is 9.78. The number of nitrogens with one attached hydrogen (secondary N) is 2. The maximum absolute atomic E-state index is 11.6. The Morgan fingerprint density at radius 2 is 1.97 bits per heavy atom. The van der Waals surface area contributed by atoms with E-state index in [0.29, 0.717) is 31.1 Å². The molecule has 3 aromatic heterocycles. The van der Waals surface area contributed by atoms with Gasteiger partial charge >= 0.3 is 5.97 Å². The molecule has 36 heavy (non-hydrogen) atoms. The minimum atomic E-state index is -0.329. The number of benzene rings is 1. The van der Waals surface area contributed by atoms with Crippen LogP contribution in [0.1, 0.15) is 26.3 Å². The lowest BCUT2D eigenvalue weighted by Gasteiger charge is -2.08. The zero-order chi connectivity index (χ0) is 26.3. The molecule has 190 valence electrons. The van der Waals surface area contributed by atoms with Gasteiger partial charge in [0.05, 0.1) is 18.5 Å². The van der Waals surface area contributed by atoms with Crippen LogP contribution in [0.5, 0.6) is 0 Å². The highest BCUT2D eigenvalue weighted by atomic mass is 16.5. The van der Waals surface area contributed by atoms with E-state index in [-0.39, 0.29) is 12.5 Å². The summed E-state index contributed by atoms with van der Waals surface area (Å²) in [5.41, 5.74) is 3.77. The third-order valence-corrected chi connectivity index (χ3v) is 4.65. The number of aromatic nitrogens is 5. The Morgan fingerprint density at radius 1 is 1.19 bits per heavy atom. The van der Waals surface area contributed by atoms with Crippen molar-refractivity contribution in [3.05, 3.63) is 73.3 Å². The van der Waals surface area contributed by atoms with Gasteiger partial charge in [-0.05, 0) is 36.8 Å². The molecule has 1 aromatic carbocycles. The van der Waals surface area contributed by atoms with Crippen molar-refractivity contribution in [1.82, 2.24) is 24.3 Å². The number of ether oxygens (including phenoxy) is 1. The molecule has 10 nitrogen and oxygen atoms in total. The van der Waals surface area contributed by atoms with E-state index in [2.05, 4.69) is 49.0 Å². The molecular formula is C26H33N7O3. The fraction of sp³-hybridized carbons (Fsp3) is 0.269. The molecule has 0 atom stereocenters. The second kappa shape index (κ2) is 14.7. The van der Waals surface area contributed by atoms with Crippen LogP contribution in [0.2, 0.25) is 0 Å². The summed E-state index contributed by atoms with van der Waals surface area (Å²) in [6, 6.07) is 10.3. The van der Waals surface area contributed by atoms with Crippen LogP contribution < -0.4 is 10.6 Å². The van der Waals surface area contributed by atoms with Crippen molar-refractivity contribution in [1.29, 1.82) is 0 Å². The molecule has 0 bridgehead atoms. The van der Waals surface area contributed by atoms with Gasteiger partial charge in [0.25, 0.3) is 0 Å². The molecule has 0 amide bonds. The van der Waals surface area contributed by atoms with E-state index >= 15 is 0 Å². The Morgan fingerprint density at radius 3 is 2.67 bits per heavy atom. The Kier molecular flexibility index (Phi) is 11.4. The van der Waals surface area contributed by atoms with Crippen molar-refractivity contribution in [2.45, 2.75) is 33.9 Å². The first kappa shape index (κ1) is 27.8. The van der Waals surface area contributed by atoms with Crippen LogP contribution in [-0.4, -0.2) is 50.2 Å². The maximum atomic E-state index is 11.6. The maximum Gasteiger partial charge on any atom is 0.327 e. The molecule has 0 aliphatic rings. The number of fused-ring (bicyclic) bond motifs is 1. The van der Waals surface area contributed by atoms with Crippen LogP contribution >= 0.6 is 0 Å². The Bertz CT molecular complexity index is 1260. The van der Waals surface area contributed by atoms with Crippen molar-refractivity contribution in [2.24, 2.45) is 0 Å². The highest BCUT2D eigenvalue weighted by Crippen LogP contribution is 2.19. The number of hydrogen-bond acceptors (Lipinski definition) is 8. The van der Waals surface area contributed by atoms with Gasteiger partial charge in [-0.15, -0.1) is 0 Å². The van der Waals surface area contributed by atoms with Crippen LogP contribution in [0, 0.1) is 0 Å². The molecule has 0 fully saturated rings. The molecule has 0 radical (unpaired) electrons. The van der Waals surface area contributed by atoms with Gasteiger partial charge in [0, 0.05) is 43.3 Å². The zero-order valence-corrected chi connectivity index (χ0v) is 21.1. The van der Waals surface area contributed by atoms with Gasteiger partial charge in [-0.3, -0.25) is 14.3 Å². The minimum absolute atomic E-state index is 0.0595. The summed E-state index contributed by atoms with van der Waals surface area (Å²) in [5, 5.41) is 11.4. The third kappa shape index (κ3) is 8.08. The lowest BCUT2D eigenvalue weighted by atomic mass is 10.2.